The molecule has 1 amide bonds. The van der Waals surface area contributed by atoms with E-state index in [1.165, 1.54) is 43.5 Å². The summed E-state index contributed by atoms with van der Waals surface area (Å²) in [6, 6.07) is 6.12. The van der Waals surface area contributed by atoms with Crippen molar-refractivity contribution in [3.8, 4) is 0 Å². The summed E-state index contributed by atoms with van der Waals surface area (Å²) in [5.74, 6) is 0.123. The fourth-order valence-electron chi connectivity index (χ4n) is 2.64. The molecule has 126 valence electrons. The van der Waals surface area contributed by atoms with Crippen LogP contribution in [0.2, 0.25) is 0 Å². The normalized spacial score (nSPS) is 16.0. The number of amides is 1. The maximum Gasteiger partial charge on any atom is 0.246 e. The fraction of sp³-hybridized carbons (Fsp3) is 0.529. The lowest BCUT2D eigenvalue weighted by Gasteiger charge is -2.24. The first kappa shape index (κ1) is 17.2. The molecule has 1 aliphatic carbocycles. The molecule has 1 aromatic carbocycles. The minimum atomic E-state index is -0.327. The van der Waals surface area contributed by atoms with Crippen molar-refractivity contribution in [2.75, 3.05) is 18.4 Å². The predicted molar refractivity (Wildman–Crippen MR) is 91.0 cm³/mol. The van der Waals surface area contributed by atoms with Crippen molar-refractivity contribution in [1.29, 1.82) is 0 Å². The van der Waals surface area contributed by atoms with Crippen LogP contribution in [-0.4, -0.2) is 31.0 Å². The Morgan fingerprint density at radius 1 is 1.22 bits per heavy atom. The van der Waals surface area contributed by atoms with E-state index in [0.29, 0.717) is 17.7 Å². The molecule has 23 heavy (non-hydrogen) atoms. The second-order valence-corrected chi connectivity index (χ2v) is 5.73. The van der Waals surface area contributed by atoms with Crippen molar-refractivity contribution < 1.29 is 9.18 Å². The topological polar surface area (TPSA) is 65.5 Å². The SMILES string of the molecule is CCNC(=NCC(=O)Nc1ccc(F)cc1)NC1CCCCC1. The zero-order valence-electron chi connectivity index (χ0n) is 13.6. The average molecular weight is 320 g/mol. The number of carbonyl (C=O) groups excluding carboxylic acids is 1. The molecule has 1 aliphatic rings. The Morgan fingerprint density at radius 2 is 1.91 bits per heavy atom. The quantitative estimate of drug-likeness (QED) is 0.577. The summed E-state index contributed by atoms with van der Waals surface area (Å²) in [5.41, 5.74) is 0.567. The van der Waals surface area contributed by atoms with Crippen molar-refractivity contribution in [2.45, 2.75) is 45.1 Å². The van der Waals surface area contributed by atoms with E-state index in [4.69, 9.17) is 0 Å². The predicted octanol–water partition coefficient (Wildman–Crippen LogP) is 2.65. The number of hydrogen-bond acceptors (Lipinski definition) is 2. The van der Waals surface area contributed by atoms with E-state index < -0.39 is 0 Å². The van der Waals surface area contributed by atoms with E-state index in [9.17, 15) is 9.18 Å². The smallest absolute Gasteiger partial charge is 0.246 e. The van der Waals surface area contributed by atoms with E-state index in [0.717, 1.165) is 19.4 Å². The number of aliphatic imine (C=N–C) groups is 1. The molecule has 0 saturated heterocycles. The Hall–Kier alpha value is -2.11. The summed E-state index contributed by atoms with van der Waals surface area (Å²) < 4.78 is 12.8. The molecule has 2 rings (SSSR count). The first-order chi connectivity index (χ1) is 11.2. The van der Waals surface area contributed by atoms with E-state index in [-0.39, 0.29) is 18.3 Å². The number of guanidine groups is 1. The van der Waals surface area contributed by atoms with Crippen molar-refractivity contribution in [1.82, 2.24) is 10.6 Å². The summed E-state index contributed by atoms with van der Waals surface area (Å²) >= 11 is 0. The van der Waals surface area contributed by atoms with Crippen molar-refractivity contribution in [2.24, 2.45) is 4.99 Å². The van der Waals surface area contributed by atoms with Crippen molar-refractivity contribution in [3.63, 3.8) is 0 Å². The molecular weight excluding hydrogens is 295 g/mol. The average Bonchev–Trinajstić information content (AvgIpc) is 2.56. The van der Waals surface area contributed by atoms with Gasteiger partial charge in [-0.3, -0.25) is 4.79 Å². The maximum absolute atomic E-state index is 12.8. The highest BCUT2D eigenvalue weighted by atomic mass is 19.1. The van der Waals surface area contributed by atoms with E-state index in [2.05, 4.69) is 20.9 Å². The van der Waals surface area contributed by atoms with Gasteiger partial charge in [0.15, 0.2) is 5.96 Å². The van der Waals surface area contributed by atoms with Crippen LogP contribution < -0.4 is 16.0 Å². The van der Waals surface area contributed by atoms with Gasteiger partial charge < -0.3 is 16.0 Å². The van der Waals surface area contributed by atoms with Crippen LogP contribution in [0.5, 0.6) is 0 Å². The second kappa shape index (κ2) is 9.12. The zero-order valence-corrected chi connectivity index (χ0v) is 13.6. The summed E-state index contributed by atoms with van der Waals surface area (Å²) in [6.45, 7) is 2.77. The van der Waals surface area contributed by atoms with Gasteiger partial charge in [-0.15, -0.1) is 0 Å². The molecule has 0 heterocycles. The summed E-state index contributed by atoms with van der Waals surface area (Å²) in [7, 11) is 0. The molecule has 1 aromatic rings. The highest BCUT2D eigenvalue weighted by Gasteiger charge is 2.14. The lowest BCUT2D eigenvalue weighted by Crippen LogP contribution is -2.44. The minimum Gasteiger partial charge on any atom is -0.357 e. The van der Waals surface area contributed by atoms with Gasteiger partial charge in [0.2, 0.25) is 5.91 Å². The molecule has 0 unspecified atom stereocenters. The number of rotatable bonds is 5. The molecular formula is C17H25FN4O. The Labute approximate surface area is 136 Å². The van der Waals surface area contributed by atoms with Gasteiger partial charge in [0.05, 0.1) is 0 Å². The lowest BCUT2D eigenvalue weighted by atomic mass is 9.96. The minimum absolute atomic E-state index is 0.0272. The van der Waals surface area contributed by atoms with Crippen molar-refractivity contribution >= 4 is 17.6 Å². The van der Waals surface area contributed by atoms with E-state index in [1.54, 1.807) is 0 Å². The monoisotopic (exact) mass is 320 g/mol. The van der Waals surface area contributed by atoms with Crippen molar-refractivity contribution in [3.05, 3.63) is 30.1 Å². The Balaban J connectivity index is 1.85. The van der Waals surface area contributed by atoms with Gasteiger partial charge in [-0.2, -0.15) is 0 Å². The van der Waals surface area contributed by atoms with Gasteiger partial charge in [0.25, 0.3) is 0 Å². The molecule has 3 N–H and O–H groups in total. The standard InChI is InChI=1S/C17H25FN4O/c1-2-19-17(22-14-6-4-3-5-7-14)20-12-16(23)21-15-10-8-13(18)9-11-15/h8-11,14H,2-7,12H2,1H3,(H,21,23)(H2,19,20,22). The number of nitrogens with one attached hydrogen (secondary N) is 3. The second-order valence-electron chi connectivity index (χ2n) is 5.73. The maximum atomic E-state index is 12.8. The third kappa shape index (κ3) is 6.26. The van der Waals surface area contributed by atoms with Gasteiger partial charge in [-0.25, -0.2) is 9.38 Å². The van der Waals surface area contributed by atoms with Crippen LogP contribution in [0.25, 0.3) is 0 Å². The van der Waals surface area contributed by atoms with Crippen LogP contribution in [-0.2, 0) is 4.79 Å². The Morgan fingerprint density at radius 3 is 2.57 bits per heavy atom. The molecule has 0 bridgehead atoms. The third-order valence-electron chi connectivity index (χ3n) is 3.80. The highest BCUT2D eigenvalue weighted by molar-refractivity contribution is 5.94. The molecule has 1 saturated carbocycles. The van der Waals surface area contributed by atoms with E-state index in [1.807, 2.05) is 6.92 Å². The molecule has 0 radical (unpaired) electrons. The fourth-order valence-corrected chi connectivity index (χ4v) is 2.64. The molecule has 0 aromatic heterocycles. The number of nitrogens with zero attached hydrogens (tertiary/aromatic N) is 1. The van der Waals surface area contributed by atoms with Gasteiger partial charge >= 0.3 is 0 Å². The number of anilines is 1. The van der Waals surface area contributed by atoms with Crippen LogP contribution >= 0.6 is 0 Å². The molecule has 5 nitrogen and oxygen atoms in total. The lowest BCUT2D eigenvalue weighted by molar-refractivity contribution is -0.114. The van der Waals surface area contributed by atoms with Crippen LogP contribution in [0.1, 0.15) is 39.0 Å². The zero-order chi connectivity index (χ0) is 16.5. The van der Waals surface area contributed by atoms with Gasteiger partial charge in [0.1, 0.15) is 12.4 Å². The summed E-state index contributed by atoms with van der Waals surface area (Å²) in [6.07, 6.45) is 6.06. The summed E-state index contributed by atoms with van der Waals surface area (Å²) in [5, 5.41) is 9.26. The number of carbonyl (C=O) groups is 1. The molecule has 0 atom stereocenters. The number of hydrogen-bond donors (Lipinski definition) is 3. The first-order valence-corrected chi connectivity index (χ1v) is 8.27. The van der Waals surface area contributed by atoms with Crippen LogP contribution in [0.3, 0.4) is 0 Å². The van der Waals surface area contributed by atoms with Crippen LogP contribution in [0.15, 0.2) is 29.3 Å². The Bertz CT molecular complexity index is 524. The van der Waals surface area contributed by atoms with Gasteiger partial charge in [-0.05, 0) is 44.0 Å². The molecule has 0 spiro atoms. The first-order valence-electron chi connectivity index (χ1n) is 8.27. The van der Waals surface area contributed by atoms with Crippen LogP contribution in [0.4, 0.5) is 10.1 Å². The molecule has 0 aliphatic heterocycles. The largest absolute Gasteiger partial charge is 0.357 e. The third-order valence-corrected chi connectivity index (χ3v) is 3.80. The molecule has 1 fully saturated rings. The van der Waals surface area contributed by atoms with Crippen LogP contribution in [0, 0.1) is 5.82 Å². The Kier molecular flexibility index (Phi) is 6.84. The molecule has 6 heteroatoms. The number of halogens is 1. The van der Waals surface area contributed by atoms with Gasteiger partial charge in [-0.1, -0.05) is 19.3 Å². The highest BCUT2D eigenvalue weighted by Crippen LogP contribution is 2.17. The van der Waals surface area contributed by atoms with Gasteiger partial charge in [0, 0.05) is 18.3 Å². The number of benzene rings is 1. The van der Waals surface area contributed by atoms with E-state index >= 15 is 0 Å². The summed E-state index contributed by atoms with van der Waals surface area (Å²) in [4.78, 5) is 16.3.